The maximum absolute atomic E-state index is 13.0. The summed E-state index contributed by atoms with van der Waals surface area (Å²) in [6.45, 7) is 7.48. The Morgan fingerprint density at radius 3 is 2.92 bits per heavy atom. The molecule has 0 bridgehead atoms. The molecule has 2 N–H and O–H groups in total. The van der Waals surface area contributed by atoms with Crippen molar-refractivity contribution in [2.24, 2.45) is 0 Å². The zero-order chi connectivity index (χ0) is 17.3. The highest BCUT2D eigenvalue weighted by atomic mass is 16.2. The molecule has 24 heavy (non-hydrogen) atoms. The van der Waals surface area contributed by atoms with Crippen molar-refractivity contribution >= 4 is 11.7 Å². The monoisotopic (exact) mass is 328 g/mol. The van der Waals surface area contributed by atoms with Crippen molar-refractivity contribution in [3.8, 4) is 0 Å². The Hall–Kier alpha value is -2.44. The van der Waals surface area contributed by atoms with Crippen molar-refractivity contribution in [2.75, 3.05) is 12.3 Å². The maximum atomic E-state index is 13.0. The maximum Gasteiger partial charge on any atom is 0.257 e. The van der Waals surface area contributed by atoms with Crippen LogP contribution >= 0.6 is 0 Å². The van der Waals surface area contributed by atoms with Crippen molar-refractivity contribution in [1.82, 2.24) is 24.6 Å². The number of likely N-dealkylation sites (tertiary alicyclic amines) is 1. The van der Waals surface area contributed by atoms with E-state index in [1.165, 1.54) is 0 Å². The standard InChI is InChI=1S/C17H24N6O/c1-4-7-22-11-13(10-19-22)15(24)23-8-5-6-17(23,3)16-20-12(2)9-14(18)21-16/h9-11H,4-8H2,1-3H3,(H2,18,20,21). The molecule has 0 radical (unpaired) electrons. The van der Waals surface area contributed by atoms with E-state index in [0.717, 1.165) is 31.5 Å². The van der Waals surface area contributed by atoms with E-state index in [0.29, 0.717) is 23.8 Å². The lowest BCUT2D eigenvalue weighted by Crippen LogP contribution is -2.44. The van der Waals surface area contributed by atoms with Crippen LogP contribution in [0.25, 0.3) is 0 Å². The van der Waals surface area contributed by atoms with E-state index < -0.39 is 5.54 Å². The Bertz CT molecular complexity index is 735. The topological polar surface area (TPSA) is 89.9 Å². The van der Waals surface area contributed by atoms with Crippen LogP contribution in [0, 0.1) is 6.92 Å². The first-order valence-corrected chi connectivity index (χ1v) is 8.40. The second kappa shape index (κ2) is 6.22. The van der Waals surface area contributed by atoms with Crippen LogP contribution in [0.3, 0.4) is 0 Å². The molecular formula is C17H24N6O. The van der Waals surface area contributed by atoms with E-state index in [1.54, 1.807) is 12.3 Å². The number of carbonyl (C=O) groups is 1. The molecule has 1 saturated heterocycles. The number of nitrogens with zero attached hydrogens (tertiary/aromatic N) is 5. The summed E-state index contributed by atoms with van der Waals surface area (Å²) >= 11 is 0. The number of aromatic nitrogens is 4. The molecule has 2 aromatic rings. The molecule has 1 aliphatic heterocycles. The Kier molecular flexibility index (Phi) is 4.26. The predicted octanol–water partition coefficient (Wildman–Crippen LogP) is 2.13. The highest BCUT2D eigenvalue weighted by molar-refractivity contribution is 5.94. The number of aryl methyl sites for hydroxylation is 2. The molecule has 1 amide bonds. The van der Waals surface area contributed by atoms with Crippen LogP contribution < -0.4 is 5.73 Å². The van der Waals surface area contributed by atoms with Crippen LogP contribution in [0.1, 0.15) is 55.0 Å². The fourth-order valence-corrected chi connectivity index (χ4v) is 3.34. The normalized spacial score (nSPS) is 20.5. The number of hydrogen-bond donors (Lipinski definition) is 1. The number of amides is 1. The second-order valence-electron chi connectivity index (χ2n) is 6.58. The Balaban J connectivity index is 1.92. The molecule has 2 aromatic heterocycles. The lowest BCUT2D eigenvalue weighted by atomic mass is 9.97. The molecule has 1 atom stereocenters. The van der Waals surface area contributed by atoms with Crippen LogP contribution in [0.2, 0.25) is 0 Å². The second-order valence-corrected chi connectivity index (χ2v) is 6.58. The van der Waals surface area contributed by atoms with Gasteiger partial charge in [0.25, 0.3) is 5.91 Å². The minimum absolute atomic E-state index is 0.0268. The summed E-state index contributed by atoms with van der Waals surface area (Å²) in [6, 6.07) is 1.74. The highest BCUT2D eigenvalue weighted by Crippen LogP contribution is 2.38. The smallest absolute Gasteiger partial charge is 0.257 e. The molecule has 7 heteroatoms. The summed E-state index contributed by atoms with van der Waals surface area (Å²) < 4.78 is 1.81. The van der Waals surface area contributed by atoms with Gasteiger partial charge in [0, 0.05) is 31.0 Å². The highest BCUT2D eigenvalue weighted by Gasteiger charge is 2.44. The van der Waals surface area contributed by atoms with E-state index in [2.05, 4.69) is 22.0 Å². The predicted molar refractivity (Wildman–Crippen MR) is 91.3 cm³/mol. The van der Waals surface area contributed by atoms with Crippen molar-refractivity contribution in [1.29, 1.82) is 0 Å². The van der Waals surface area contributed by atoms with Crippen LogP contribution in [0.4, 0.5) is 5.82 Å². The van der Waals surface area contributed by atoms with Gasteiger partial charge in [-0.1, -0.05) is 6.92 Å². The first kappa shape index (κ1) is 16.4. The number of hydrogen-bond acceptors (Lipinski definition) is 5. The Morgan fingerprint density at radius 1 is 1.42 bits per heavy atom. The minimum Gasteiger partial charge on any atom is -0.384 e. The van der Waals surface area contributed by atoms with Gasteiger partial charge in [-0.15, -0.1) is 0 Å². The molecule has 7 nitrogen and oxygen atoms in total. The molecular weight excluding hydrogens is 304 g/mol. The van der Waals surface area contributed by atoms with Gasteiger partial charge in [0.2, 0.25) is 0 Å². The first-order chi connectivity index (χ1) is 11.4. The van der Waals surface area contributed by atoms with Gasteiger partial charge in [0.15, 0.2) is 5.82 Å². The largest absolute Gasteiger partial charge is 0.384 e. The molecule has 3 heterocycles. The third kappa shape index (κ3) is 2.86. The van der Waals surface area contributed by atoms with Gasteiger partial charge in [-0.25, -0.2) is 9.97 Å². The van der Waals surface area contributed by atoms with Gasteiger partial charge < -0.3 is 10.6 Å². The molecule has 3 rings (SSSR count). The molecule has 0 saturated carbocycles. The number of nitrogens with two attached hydrogens (primary N) is 1. The van der Waals surface area contributed by atoms with Crippen LogP contribution in [-0.2, 0) is 12.1 Å². The van der Waals surface area contributed by atoms with Crippen LogP contribution in [-0.4, -0.2) is 37.1 Å². The molecule has 128 valence electrons. The molecule has 0 aromatic carbocycles. The van der Waals surface area contributed by atoms with Gasteiger partial charge in [-0.05, 0) is 33.1 Å². The third-order valence-corrected chi connectivity index (χ3v) is 4.57. The van der Waals surface area contributed by atoms with E-state index in [9.17, 15) is 4.79 Å². The average Bonchev–Trinajstić information content (AvgIpc) is 3.14. The summed E-state index contributed by atoms with van der Waals surface area (Å²) in [5.74, 6) is 1.03. The van der Waals surface area contributed by atoms with Crippen molar-refractivity contribution < 1.29 is 4.79 Å². The molecule has 0 aliphatic carbocycles. The summed E-state index contributed by atoms with van der Waals surface area (Å²) in [5.41, 5.74) is 6.77. The quantitative estimate of drug-likeness (QED) is 0.928. The van der Waals surface area contributed by atoms with E-state index in [-0.39, 0.29) is 5.91 Å². The van der Waals surface area contributed by atoms with Crippen LogP contribution in [0.15, 0.2) is 18.5 Å². The fraction of sp³-hybridized carbons (Fsp3) is 0.529. The minimum atomic E-state index is -0.538. The number of anilines is 1. The summed E-state index contributed by atoms with van der Waals surface area (Å²) in [7, 11) is 0. The number of carbonyl (C=O) groups excluding carboxylic acids is 1. The molecule has 1 fully saturated rings. The Labute approximate surface area is 141 Å². The number of rotatable bonds is 4. The first-order valence-electron chi connectivity index (χ1n) is 8.40. The fourth-order valence-electron chi connectivity index (χ4n) is 3.34. The zero-order valence-corrected chi connectivity index (χ0v) is 14.5. The van der Waals surface area contributed by atoms with Gasteiger partial charge in [-0.3, -0.25) is 9.48 Å². The summed E-state index contributed by atoms with van der Waals surface area (Å²) in [4.78, 5) is 23.8. The van der Waals surface area contributed by atoms with Gasteiger partial charge in [0.1, 0.15) is 11.4 Å². The lowest BCUT2D eigenvalue weighted by Gasteiger charge is -2.33. The van der Waals surface area contributed by atoms with E-state index in [1.807, 2.05) is 29.6 Å². The van der Waals surface area contributed by atoms with Gasteiger partial charge in [0.05, 0.1) is 11.8 Å². The number of nitrogen functional groups attached to an aromatic ring is 1. The third-order valence-electron chi connectivity index (χ3n) is 4.57. The van der Waals surface area contributed by atoms with Crippen LogP contribution in [0.5, 0.6) is 0 Å². The van der Waals surface area contributed by atoms with Crippen molar-refractivity contribution in [2.45, 2.75) is 52.1 Å². The Morgan fingerprint density at radius 2 is 2.21 bits per heavy atom. The van der Waals surface area contributed by atoms with E-state index in [4.69, 9.17) is 5.73 Å². The van der Waals surface area contributed by atoms with Gasteiger partial charge in [-0.2, -0.15) is 5.10 Å². The summed E-state index contributed by atoms with van der Waals surface area (Å²) in [5, 5.41) is 4.27. The summed E-state index contributed by atoms with van der Waals surface area (Å²) in [6.07, 6.45) is 6.18. The van der Waals surface area contributed by atoms with Crippen molar-refractivity contribution in [3.05, 3.63) is 35.5 Å². The molecule has 1 aliphatic rings. The molecule has 1 unspecified atom stereocenters. The SMILES string of the molecule is CCCn1cc(C(=O)N2CCCC2(C)c2nc(C)cc(N)n2)cn1. The van der Waals surface area contributed by atoms with E-state index >= 15 is 0 Å². The van der Waals surface area contributed by atoms with Gasteiger partial charge >= 0.3 is 0 Å². The van der Waals surface area contributed by atoms with Crippen molar-refractivity contribution in [3.63, 3.8) is 0 Å². The zero-order valence-electron chi connectivity index (χ0n) is 14.5. The molecule has 0 spiro atoms. The average molecular weight is 328 g/mol. The lowest BCUT2D eigenvalue weighted by molar-refractivity contribution is 0.0603.